The van der Waals surface area contributed by atoms with E-state index in [0.29, 0.717) is 21.3 Å². The Morgan fingerprint density at radius 3 is 2.64 bits per heavy atom. The summed E-state index contributed by atoms with van der Waals surface area (Å²) in [5.74, 6) is -0.196. The molecule has 1 amide bonds. The normalized spacial score (nSPS) is 10.9. The molecule has 0 radical (unpaired) electrons. The van der Waals surface area contributed by atoms with E-state index in [9.17, 15) is 15.0 Å². The minimum atomic E-state index is -0.453. The van der Waals surface area contributed by atoms with Crippen LogP contribution in [0.5, 0.6) is 17.2 Å². The summed E-state index contributed by atoms with van der Waals surface area (Å²) >= 11 is 9.63. The molecular formula is C16H13Br3N2O4. The summed E-state index contributed by atoms with van der Waals surface area (Å²) in [6, 6.07) is 7.11. The van der Waals surface area contributed by atoms with E-state index in [1.165, 1.54) is 6.21 Å². The molecule has 0 aliphatic rings. The number of benzene rings is 2. The molecule has 0 aliphatic heterocycles. The lowest BCUT2D eigenvalue weighted by Gasteiger charge is -2.11. The van der Waals surface area contributed by atoms with Gasteiger partial charge in [0.25, 0.3) is 5.91 Å². The summed E-state index contributed by atoms with van der Waals surface area (Å²) in [6.45, 7) is 1.48. The molecule has 0 aromatic heterocycles. The third-order valence-corrected chi connectivity index (χ3v) is 5.38. The molecule has 25 heavy (non-hydrogen) atoms. The van der Waals surface area contributed by atoms with Gasteiger partial charge in [0.1, 0.15) is 21.7 Å². The number of nitrogens with zero attached hydrogens (tertiary/aromatic N) is 1. The lowest BCUT2D eigenvalue weighted by Crippen LogP contribution is -2.24. The standard InChI is InChI=1S/C16H13Br3N2O4/c1-8-11(15(23)14(19)16(24)13(8)18)6-20-21-12(22)7-25-10-4-2-3-9(17)5-10/h2-6,23-24H,7H2,1H3,(H,21,22). The molecule has 132 valence electrons. The van der Waals surface area contributed by atoms with Crippen LogP contribution in [0.1, 0.15) is 11.1 Å². The number of amides is 1. The smallest absolute Gasteiger partial charge is 0.277 e. The predicted octanol–water partition coefficient (Wildman–Crippen LogP) is 4.22. The molecule has 2 aromatic rings. The summed E-state index contributed by atoms with van der Waals surface area (Å²) in [5, 5.41) is 23.7. The summed E-state index contributed by atoms with van der Waals surface area (Å²) in [4.78, 5) is 11.8. The van der Waals surface area contributed by atoms with E-state index >= 15 is 0 Å². The third kappa shape index (κ3) is 4.96. The molecule has 0 fully saturated rings. The number of hydrogen-bond donors (Lipinski definition) is 3. The molecule has 0 spiro atoms. The Morgan fingerprint density at radius 1 is 1.24 bits per heavy atom. The number of hydrogen-bond acceptors (Lipinski definition) is 5. The predicted molar refractivity (Wildman–Crippen MR) is 105 cm³/mol. The van der Waals surface area contributed by atoms with E-state index in [0.717, 1.165) is 4.47 Å². The minimum Gasteiger partial charge on any atom is -0.506 e. The molecule has 2 aromatic carbocycles. The lowest BCUT2D eigenvalue weighted by atomic mass is 10.1. The van der Waals surface area contributed by atoms with E-state index in [1.807, 2.05) is 6.07 Å². The van der Waals surface area contributed by atoms with Crippen LogP contribution in [0.25, 0.3) is 0 Å². The fourth-order valence-electron chi connectivity index (χ4n) is 1.86. The van der Waals surface area contributed by atoms with Gasteiger partial charge in [0, 0.05) is 10.0 Å². The molecule has 0 heterocycles. The second kappa shape index (κ2) is 8.68. The Labute approximate surface area is 169 Å². The lowest BCUT2D eigenvalue weighted by molar-refractivity contribution is -0.123. The summed E-state index contributed by atoms with van der Waals surface area (Å²) in [6.07, 6.45) is 1.29. The number of ether oxygens (including phenoxy) is 1. The highest BCUT2D eigenvalue weighted by molar-refractivity contribution is 9.11. The molecule has 0 unspecified atom stereocenters. The Balaban J connectivity index is 2.00. The van der Waals surface area contributed by atoms with Crippen molar-refractivity contribution >= 4 is 59.9 Å². The van der Waals surface area contributed by atoms with Crippen LogP contribution in [0.2, 0.25) is 0 Å². The summed E-state index contributed by atoms with van der Waals surface area (Å²) < 4.78 is 6.74. The molecule has 6 nitrogen and oxygen atoms in total. The second-order valence-electron chi connectivity index (χ2n) is 4.90. The van der Waals surface area contributed by atoms with Crippen molar-refractivity contribution in [1.82, 2.24) is 5.43 Å². The first kappa shape index (κ1) is 19.7. The van der Waals surface area contributed by atoms with E-state index < -0.39 is 5.91 Å². The van der Waals surface area contributed by atoms with Crippen LogP contribution in [0.15, 0.2) is 42.8 Å². The van der Waals surface area contributed by atoms with Crippen molar-refractivity contribution in [3.8, 4) is 17.2 Å². The highest BCUT2D eigenvalue weighted by Gasteiger charge is 2.17. The van der Waals surface area contributed by atoms with Gasteiger partial charge in [-0.1, -0.05) is 22.0 Å². The van der Waals surface area contributed by atoms with Gasteiger partial charge in [-0.15, -0.1) is 0 Å². The Hall–Kier alpha value is -1.58. The average Bonchev–Trinajstić information content (AvgIpc) is 2.59. The SMILES string of the molecule is Cc1c(Br)c(O)c(Br)c(O)c1C=NNC(=O)COc1cccc(Br)c1. The Kier molecular flexibility index (Phi) is 6.86. The van der Waals surface area contributed by atoms with Gasteiger partial charge in [-0.3, -0.25) is 4.79 Å². The van der Waals surface area contributed by atoms with Gasteiger partial charge < -0.3 is 14.9 Å². The van der Waals surface area contributed by atoms with Crippen LogP contribution >= 0.6 is 47.8 Å². The number of aromatic hydroxyl groups is 2. The maximum Gasteiger partial charge on any atom is 0.277 e. The van der Waals surface area contributed by atoms with Gasteiger partial charge in [0.15, 0.2) is 6.61 Å². The molecule has 3 N–H and O–H groups in total. The molecule has 2 rings (SSSR count). The van der Waals surface area contributed by atoms with Gasteiger partial charge >= 0.3 is 0 Å². The number of nitrogens with one attached hydrogen (secondary N) is 1. The van der Waals surface area contributed by atoms with Crippen molar-refractivity contribution in [3.63, 3.8) is 0 Å². The topological polar surface area (TPSA) is 91.1 Å². The zero-order chi connectivity index (χ0) is 18.6. The number of phenolic OH excluding ortho intramolecular Hbond substituents is 2. The maximum absolute atomic E-state index is 11.8. The van der Waals surface area contributed by atoms with E-state index in [1.54, 1.807) is 25.1 Å². The van der Waals surface area contributed by atoms with Crippen LogP contribution in [-0.2, 0) is 4.79 Å². The van der Waals surface area contributed by atoms with Gasteiger partial charge in [-0.05, 0) is 62.5 Å². The largest absolute Gasteiger partial charge is 0.506 e. The maximum atomic E-state index is 11.8. The molecule has 0 saturated heterocycles. The molecule has 0 bridgehead atoms. The first-order chi connectivity index (χ1) is 11.8. The van der Waals surface area contributed by atoms with Gasteiger partial charge in [-0.25, -0.2) is 5.43 Å². The van der Waals surface area contributed by atoms with Crippen LogP contribution in [0.4, 0.5) is 0 Å². The van der Waals surface area contributed by atoms with Crippen LogP contribution in [0, 0.1) is 6.92 Å². The minimum absolute atomic E-state index is 0.112. The molecule has 0 atom stereocenters. The number of phenols is 2. The number of carbonyl (C=O) groups is 1. The number of hydrazone groups is 1. The third-order valence-electron chi connectivity index (χ3n) is 3.16. The number of carbonyl (C=O) groups excluding carboxylic acids is 1. The zero-order valence-electron chi connectivity index (χ0n) is 12.9. The summed E-state index contributed by atoms with van der Waals surface area (Å²) in [7, 11) is 0. The quantitative estimate of drug-likeness (QED) is 0.394. The Bertz CT molecular complexity index is 811. The first-order valence-electron chi connectivity index (χ1n) is 6.91. The van der Waals surface area contributed by atoms with E-state index in [-0.39, 0.29) is 22.6 Å². The molecule has 0 aliphatic carbocycles. The molecule has 0 saturated carbocycles. The van der Waals surface area contributed by atoms with Crippen molar-refractivity contribution in [2.24, 2.45) is 5.10 Å². The van der Waals surface area contributed by atoms with Crippen molar-refractivity contribution in [1.29, 1.82) is 0 Å². The summed E-state index contributed by atoms with van der Waals surface area (Å²) in [5.41, 5.74) is 3.24. The first-order valence-corrected chi connectivity index (χ1v) is 9.29. The van der Waals surface area contributed by atoms with Crippen molar-refractivity contribution in [3.05, 3.63) is 48.8 Å². The molecular weight excluding hydrogens is 524 g/mol. The van der Waals surface area contributed by atoms with Crippen LogP contribution in [-0.4, -0.2) is 28.9 Å². The number of halogens is 3. The fraction of sp³-hybridized carbons (Fsp3) is 0.125. The average molecular weight is 537 g/mol. The zero-order valence-corrected chi connectivity index (χ0v) is 17.6. The second-order valence-corrected chi connectivity index (χ2v) is 7.40. The van der Waals surface area contributed by atoms with E-state index in [2.05, 4.69) is 58.3 Å². The van der Waals surface area contributed by atoms with Crippen molar-refractivity contribution < 1.29 is 19.7 Å². The molecule has 9 heteroatoms. The van der Waals surface area contributed by atoms with Crippen LogP contribution < -0.4 is 10.2 Å². The van der Waals surface area contributed by atoms with Crippen molar-refractivity contribution in [2.45, 2.75) is 6.92 Å². The Morgan fingerprint density at radius 2 is 1.96 bits per heavy atom. The van der Waals surface area contributed by atoms with Crippen LogP contribution in [0.3, 0.4) is 0 Å². The van der Waals surface area contributed by atoms with Gasteiger partial charge in [0.05, 0.1) is 10.7 Å². The van der Waals surface area contributed by atoms with Gasteiger partial charge in [0.2, 0.25) is 0 Å². The number of rotatable bonds is 5. The fourth-order valence-corrected chi connectivity index (χ4v) is 3.33. The highest BCUT2D eigenvalue weighted by atomic mass is 79.9. The van der Waals surface area contributed by atoms with Gasteiger partial charge in [-0.2, -0.15) is 5.10 Å². The highest BCUT2D eigenvalue weighted by Crippen LogP contribution is 2.43. The van der Waals surface area contributed by atoms with E-state index in [4.69, 9.17) is 4.74 Å². The van der Waals surface area contributed by atoms with Crippen molar-refractivity contribution in [2.75, 3.05) is 6.61 Å². The monoisotopic (exact) mass is 534 g/mol.